The van der Waals surface area contributed by atoms with Gasteiger partial charge in [-0.15, -0.1) is 0 Å². The number of rotatable bonds is 18. The fraction of sp³-hybridized carbons (Fsp3) is 0.594. The number of likely N-dealkylation sites (N-methyl/N-ethyl adjacent to an activating group) is 1. The van der Waals surface area contributed by atoms with Crippen molar-refractivity contribution in [1.29, 1.82) is 0 Å². The molecule has 2 aromatic carbocycles. The molecular formula is C32H50NO3+. The minimum absolute atomic E-state index is 0.0155. The number of carbonyl (C=O) groups excluding carboxylic acids is 1. The first-order valence-electron chi connectivity index (χ1n) is 14.1. The average molecular weight is 497 g/mol. The molecule has 2 aromatic rings. The van der Waals surface area contributed by atoms with Gasteiger partial charge in [-0.05, 0) is 44.4 Å². The SMILES string of the molecule is CCCCCCCCCCc1cccc(OC(C)CCOC(=O)C(C)[N+](C)(C)Cc2ccccc2)c1. The monoisotopic (exact) mass is 496 g/mol. The number of aryl methyl sites for hydroxylation is 1. The molecule has 0 N–H and O–H groups in total. The van der Waals surface area contributed by atoms with Gasteiger partial charge >= 0.3 is 5.97 Å². The highest BCUT2D eigenvalue weighted by molar-refractivity contribution is 5.74. The first-order valence-corrected chi connectivity index (χ1v) is 14.1. The minimum atomic E-state index is -0.241. The number of benzene rings is 2. The van der Waals surface area contributed by atoms with E-state index in [0.717, 1.165) is 18.7 Å². The molecule has 0 fully saturated rings. The number of ether oxygens (including phenoxy) is 2. The minimum Gasteiger partial charge on any atom is -0.491 e. The van der Waals surface area contributed by atoms with Crippen molar-refractivity contribution in [3.63, 3.8) is 0 Å². The molecule has 2 unspecified atom stereocenters. The van der Waals surface area contributed by atoms with Gasteiger partial charge in [-0.25, -0.2) is 4.79 Å². The van der Waals surface area contributed by atoms with Crippen molar-refractivity contribution in [1.82, 2.24) is 0 Å². The van der Waals surface area contributed by atoms with Crippen LogP contribution in [-0.4, -0.2) is 43.3 Å². The Bertz CT molecular complexity index is 865. The number of nitrogens with zero attached hydrogens (tertiary/aromatic N) is 1. The molecule has 0 amide bonds. The summed E-state index contributed by atoms with van der Waals surface area (Å²) >= 11 is 0. The molecule has 0 saturated heterocycles. The highest BCUT2D eigenvalue weighted by Crippen LogP contribution is 2.19. The summed E-state index contributed by atoms with van der Waals surface area (Å²) in [5.74, 6) is 0.746. The predicted octanol–water partition coefficient (Wildman–Crippen LogP) is 7.74. The fourth-order valence-electron chi connectivity index (χ4n) is 4.45. The number of esters is 1. The Morgan fingerprint density at radius 3 is 2.17 bits per heavy atom. The van der Waals surface area contributed by atoms with Gasteiger partial charge in [0.1, 0.15) is 12.3 Å². The Labute approximate surface area is 220 Å². The average Bonchev–Trinajstić information content (AvgIpc) is 2.85. The predicted molar refractivity (Wildman–Crippen MR) is 150 cm³/mol. The number of unbranched alkanes of at least 4 members (excludes halogenated alkanes) is 7. The summed E-state index contributed by atoms with van der Waals surface area (Å²) in [7, 11) is 4.15. The Morgan fingerprint density at radius 1 is 0.833 bits per heavy atom. The first-order chi connectivity index (χ1) is 17.3. The van der Waals surface area contributed by atoms with Crippen LogP contribution >= 0.6 is 0 Å². The van der Waals surface area contributed by atoms with Crippen LogP contribution in [0.3, 0.4) is 0 Å². The molecule has 4 nitrogen and oxygen atoms in total. The lowest BCUT2D eigenvalue weighted by Crippen LogP contribution is -2.51. The molecule has 2 atom stereocenters. The molecule has 0 heterocycles. The van der Waals surface area contributed by atoms with Gasteiger partial charge in [-0.1, -0.05) is 94.3 Å². The van der Waals surface area contributed by atoms with Crippen LogP contribution in [0.1, 0.15) is 89.7 Å². The second-order valence-electron chi connectivity index (χ2n) is 10.9. The summed E-state index contributed by atoms with van der Waals surface area (Å²) in [6.45, 7) is 7.41. The number of hydrogen-bond acceptors (Lipinski definition) is 3. The lowest BCUT2D eigenvalue weighted by Gasteiger charge is -2.34. The zero-order chi connectivity index (χ0) is 26.2. The number of hydrogen-bond donors (Lipinski definition) is 0. The van der Waals surface area contributed by atoms with E-state index in [4.69, 9.17) is 9.47 Å². The molecule has 36 heavy (non-hydrogen) atoms. The molecule has 0 aliphatic carbocycles. The zero-order valence-corrected chi connectivity index (χ0v) is 23.5. The van der Waals surface area contributed by atoms with E-state index < -0.39 is 0 Å². The molecule has 0 aliphatic heterocycles. The van der Waals surface area contributed by atoms with E-state index in [0.29, 0.717) is 17.5 Å². The molecular weight excluding hydrogens is 446 g/mol. The van der Waals surface area contributed by atoms with Gasteiger partial charge in [-0.2, -0.15) is 0 Å². The van der Waals surface area contributed by atoms with Crippen molar-refractivity contribution in [2.75, 3.05) is 20.7 Å². The summed E-state index contributed by atoms with van der Waals surface area (Å²) in [5, 5.41) is 0. The molecule has 0 radical (unpaired) electrons. The standard InChI is InChI=1S/C32H50NO3/c1-6-7-8-9-10-11-12-14-18-29-21-17-22-31(25-29)36-27(2)23-24-35-32(34)28(3)33(4,5)26-30-19-15-13-16-20-30/h13,15-17,19-22,25,27-28H,6-12,14,18,23-24,26H2,1-5H3/q+1. The summed E-state index contributed by atoms with van der Waals surface area (Å²) in [6.07, 6.45) is 12.5. The van der Waals surface area contributed by atoms with Crippen molar-refractivity contribution >= 4 is 5.97 Å². The van der Waals surface area contributed by atoms with Crippen LogP contribution in [-0.2, 0) is 22.5 Å². The maximum absolute atomic E-state index is 12.7. The normalized spacial score (nSPS) is 13.2. The van der Waals surface area contributed by atoms with Crippen LogP contribution < -0.4 is 4.74 Å². The molecule has 2 rings (SSSR count). The third-order valence-corrected chi connectivity index (χ3v) is 7.15. The van der Waals surface area contributed by atoms with Crippen LogP contribution in [0.4, 0.5) is 0 Å². The van der Waals surface area contributed by atoms with E-state index in [-0.39, 0.29) is 18.1 Å². The van der Waals surface area contributed by atoms with Gasteiger partial charge in [0, 0.05) is 12.0 Å². The van der Waals surface area contributed by atoms with Gasteiger partial charge in [-0.3, -0.25) is 0 Å². The van der Waals surface area contributed by atoms with Crippen LogP contribution in [0, 0.1) is 0 Å². The van der Waals surface area contributed by atoms with Crippen molar-refractivity contribution in [3.05, 3.63) is 65.7 Å². The molecule has 0 spiro atoms. The maximum Gasteiger partial charge on any atom is 0.364 e. The van der Waals surface area contributed by atoms with Crippen LogP contribution in [0.15, 0.2) is 54.6 Å². The zero-order valence-electron chi connectivity index (χ0n) is 23.5. The first kappa shape index (κ1) is 29.9. The Kier molecular flexibility index (Phi) is 13.6. The Balaban J connectivity index is 1.67. The van der Waals surface area contributed by atoms with E-state index in [9.17, 15) is 4.79 Å². The van der Waals surface area contributed by atoms with E-state index in [2.05, 4.69) is 51.4 Å². The van der Waals surface area contributed by atoms with E-state index in [1.54, 1.807) is 0 Å². The van der Waals surface area contributed by atoms with Crippen molar-refractivity contribution in [2.45, 2.75) is 104 Å². The summed E-state index contributed by atoms with van der Waals surface area (Å²) in [4.78, 5) is 12.7. The lowest BCUT2D eigenvalue weighted by molar-refractivity contribution is -0.917. The van der Waals surface area contributed by atoms with E-state index >= 15 is 0 Å². The van der Waals surface area contributed by atoms with Crippen LogP contribution in [0.25, 0.3) is 0 Å². The van der Waals surface area contributed by atoms with Crippen LogP contribution in [0.2, 0.25) is 0 Å². The van der Waals surface area contributed by atoms with Gasteiger partial charge in [0.25, 0.3) is 0 Å². The largest absolute Gasteiger partial charge is 0.491 e. The second kappa shape index (κ2) is 16.4. The third-order valence-electron chi connectivity index (χ3n) is 7.15. The van der Waals surface area contributed by atoms with Gasteiger partial charge < -0.3 is 14.0 Å². The summed E-state index contributed by atoms with van der Waals surface area (Å²) in [5.41, 5.74) is 2.55. The third kappa shape index (κ3) is 11.6. The van der Waals surface area contributed by atoms with Crippen molar-refractivity contribution in [3.8, 4) is 5.75 Å². The highest BCUT2D eigenvalue weighted by atomic mass is 16.5. The quantitative estimate of drug-likeness (QED) is 0.120. The number of quaternary nitrogens is 1. The molecule has 0 bridgehead atoms. The van der Waals surface area contributed by atoms with E-state index in [1.807, 2.05) is 38.1 Å². The van der Waals surface area contributed by atoms with E-state index in [1.165, 1.54) is 62.5 Å². The number of carbonyl (C=O) groups is 1. The highest BCUT2D eigenvalue weighted by Gasteiger charge is 2.32. The Hall–Kier alpha value is -2.33. The lowest BCUT2D eigenvalue weighted by atomic mass is 10.0. The second-order valence-corrected chi connectivity index (χ2v) is 10.9. The molecule has 0 aromatic heterocycles. The smallest absolute Gasteiger partial charge is 0.364 e. The Morgan fingerprint density at radius 2 is 1.47 bits per heavy atom. The topological polar surface area (TPSA) is 35.5 Å². The maximum atomic E-state index is 12.7. The van der Waals surface area contributed by atoms with Crippen molar-refractivity contribution in [2.24, 2.45) is 0 Å². The van der Waals surface area contributed by atoms with Gasteiger partial charge in [0.2, 0.25) is 0 Å². The summed E-state index contributed by atoms with van der Waals surface area (Å²) in [6, 6.07) is 18.5. The molecule has 4 heteroatoms. The molecule has 0 saturated carbocycles. The van der Waals surface area contributed by atoms with Crippen LogP contribution in [0.5, 0.6) is 5.75 Å². The molecule has 200 valence electrons. The van der Waals surface area contributed by atoms with Gasteiger partial charge in [0.15, 0.2) is 6.04 Å². The molecule has 0 aliphatic rings. The van der Waals surface area contributed by atoms with Gasteiger partial charge in [0.05, 0.1) is 26.8 Å². The van der Waals surface area contributed by atoms with Crippen molar-refractivity contribution < 1.29 is 18.8 Å². The fourth-order valence-corrected chi connectivity index (χ4v) is 4.45. The summed E-state index contributed by atoms with van der Waals surface area (Å²) < 4.78 is 12.3.